The highest BCUT2D eigenvalue weighted by molar-refractivity contribution is 9.10. The van der Waals surface area contributed by atoms with Crippen LogP contribution in [0.3, 0.4) is 0 Å². The van der Waals surface area contributed by atoms with E-state index < -0.39 is 6.10 Å². The van der Waals surface area contributed by atoms with Crippen molar-refractivity contribution in [2.45, 2.75) is 6.10 Å². The fraction of sp³-hybridized carbons (Fsp3) is 0.214. The minimum Gasteiger partial charge on any atom is -0.452 e. The Hall–Kier alpha value is -1.30. The first-order valence-electron chi connectivity index (χ1n) is 5.86. The summed E-state index contributed by atoms with van der Waals surface area (Å²) in [5.41, 5.74) is 0.846. The number of halogens is 2. The molecule has 1 atom stereocenters. The van der Waals surface area contributed by atoms with Gasteiger partial charge in [0.05, 0.1) is 4.47 Å². The second kappa shape index (κ2) is 6.43. The van der Waals surface area contributed by atoms with Gasteiger partial charge in [-0.2, -0.15) is 0 Å². The fourth-order valence-electron chi connectivity index (χ4n) is 1.86. The monoisotopic (exact) mass is 357 g/mol. The van der Waals surface area contributed by atoms with Crippen LogP contribution in [-0.4, -0.2) is 20.1 Å². The molecule has 0 aliphatic rings. The molecule has 0 aliphatic heterocycles. The number of carbonyl (C=O) groups is 1. The molecule has 0 radical (unpaired) electrons. The van der Waals surface area contributed by atoms with Gasteiger partial charge in [0.2, 0.25) is 0 Å². The lowest BCUT2D eigenvalue weighted by atomic mass is 10.1. The van der Waals surface area contributed by atoms with Crippen molar-refractivity contribution in [2.75, 3.05) is 14.2 Å². The van der Waals surface area contributed by atoms with Gasteiger partial charge in [-0.05, 0) is 33.6 Å². The summed E-state index contributed by atoms with van der Waals surface area (Å²) in [7, 11) is 3.11. The van der Waals surface area contributed by atoms with Gasteiger partial charge in [-0.3, -0.25) is 4.79 Å². The summed E-state index contributed by atoms with van der Waals surface area (Å²) in [5, 5.41) is 3.12. The minimum atomic E-state index is -0.443. The number of hydrogen-bond donors (Lipinski definition) is 1. The Bertz CT molecular complexity index is 627. The molecule has 0 aliphatic carbocycles. The number of nitrogens with one attached hydrogen (secondary N) is 1. The number of carbonyl (C=O) groups excluding carboxylic acids is 1. The van der Waals surface area contributed by atoms with Gasteiger partial charge in [-0.1, -0.05) is 23.7 Å². The predicted molar refractivity (Wildman–Crippen MR) is 80.1 cm³/mol. The maximum absolute atomic E-state index is 11.6. The molecule has 2 rings (SSSR count). The summed E-state index contributed by atoms with van der Waals surface area (Å²) < 4.78 is 11.7. The molecule has 0 fully saturated rings. The van der Waals surface area contributed by atoms with Gasteiger partial charge in [0.1, 0.15) is 6.10 Å². The van der Waals surface area contributed by atoms with E-state index in [1.54, 1.807) is 32.4 Å². The molecule has 0 saturated carbocycles. The maximum Gasteiger partial charge on any atom is 0.286 e. The molecular weight excluding hydrogens is 346 g/mol. The number of amides is 1. The molecule has 1 unspecified atom stereocenters. The third-order valence-corrected chi connectivity index (χ3v) is 3.64. The lowest BCUT2D eigenvalue weighted by Crippen LogP contribution is -2.16. The van der Waals surface area contributed by atoms with Gasteiger partial charge in [0.15, 0.2) is 11.5 Å². The van der Waals surface area contributed by atoms with Crippen LogP contribution in [0.2, 0.25) is 5.02 Å². The van der Waals surface area contributed by atoms with Crippen LogP contribution in [0.25, 0.3) is 0 Å². The first kappa shape index (κ1) is 15.1. The number of ether oxygens (including phenoxy) is 1. The molecule has 20 heavy (non-hydrogen) atoms. The van der Waals surface area contributed by atoms with Crippen LogP contribution >= 0.6 is 27.5 Å². The van der Waals surface area contributed by atoms with Crippen molar-refractivity contribution in [1.82, 2.24) is 5.32 Å². The Kier molecular flexibility index (Phi) is 4.86. The van der Waals surface area contributed by atoms with Crippen LogP contribution in [0.15, 0.2) is 39.2 Å². The minimum absolute atomic E-state index is 0.221. The predicted octanol–water partition coefficient (Wildman–Crippen LogP) is 3.79. The number of methoxy groups -OCH3 is 1. The molecule has 106 valence electrons. The van der Waals surface area contributed by atoms with Crippen LogP contribution < -0.4 is 5.32 Å². The van der Waals surface area contributed by atoms with Crippen molar-refractivity contribution < 1.29 is 13.9 Å². The van der Waals surface area contributed by atoms with E-state index in [-0.39, 0.29) is 11.7 Å². The summed E-state index contributed by atoms with van der Waals surface area (Å²) in [5.74, 6) is 0.449. The summed E-state index contributed by atoms with van der Waals surface area (Å²) in [6.45, 7) is 0. The number of rotatable bonds is 4. The third kappa shape index (κ3) is 3.06. The van der Waals surface area contributed by atoms with Crippen molar-refractivity contribution in [3.05, 3.63) is 56.9 Å². The molecule has 0 saturated heterocycles. The largest absolute Gasteiger partial charge is 0.452 e. The van der Waals surface area contributed by atoms with Crippen molar-refractivity contribution in [3.63, 3.8) is 0 Å². The smallest absolute Gasteiger partial charge is 0.286 e. The van der Waals surface area contributed by atoms with Gasteiger partial charge in [0, 0.05) is 25.2 Å². The zero-order valence-electron chi connectivity index (χ0n) is 10.9. The fourth-order valence-corrected chi connectivity index (χ4v) is 2.56. The van der Waals surface area contributed by atoms with E-state index in [0.29, 0.717) is 15.3 Å². The summed E-state index contributed by atoms with van der Waals surface area (Å²) in [4.78, 5) is 11.6. The molecule has 0 bridgehead atoms. The van der Waals surface area contributed by atoms with Crippen LogP contribution in [0.1, 0.15) is 28.0 Å². The first-order chi connectivity index (χ1) is 9.56. The normalized spacial score (nSPS) is 12.2. The number of furan rings is 1. The topological polar surface area (TPSA) is 51.5 Å². The number of benzene rings is 1. The first-order valence-corrected chi connectivity index (χ1v) is 7.03. The van der Waals surface area contributed by atoms with E-state index in [2.05, 4.69) is 21.2 Å². The lowest BCUT2D eigenvalue weighted by molar-refractivity contribution is 0.0908. The van der Waals surface area contributed by atoms with Gasteiger partial charge in [-0.25, -0.2) is 0 Å². The standard InChI is InChI=1S/C14H13BrClNO3/c1-17-14(18)11-7-10(15)13(20-11)12(19-2)8-4-3-5-9(16)6-8/h3-7,12H,1-2H3,(H,17,18). The summed E-state index contributed by atoms with van der Waals surface area (Å²) in [6, 6.07) is 8.91. The molecule has 6 heteroatoms. The molecule has 2 aromatic rings. The van der Waals surface area contributed by atoms with Crippen molar-refractivity contribution in [1.29, 1.82) is 0 Å². The van der Waals surface area contributed by atoms with Crippen LogP contribution in [0.5, 0.6) is 0 Å². The Morgan fingerprint density at radius 1 is 1.45 bits per heavy atom. The van der Waals surface area contributed by atoms with E-state index in [0.717, 1.165) is 5.56 Å². The molecule has 1 aromatic heterocycles. The van der Waals surface area contributed by atoms with E-state index in [4.69, 9.17) is 20.8 Å². The maximum atomic E-state index is 11.6. The van der Waals surface area contributed by atoms with Gasteiger partial charge in [-0.15, -0.1) is 0 Å². The average molecular weight is 359 g/mol. The highest BCUT2D eigenvalue weighted by Crippen LogP contribution is 2.34. The highest BCUT2D eigenvalue weighted by Gasteiger charge is 2.23. The van der Waals surface area contributed by atoms with Crippen molar-refractivity contribution in [3.8, 4) is 0 Å². The van der Waals surface area contributed by atoms with Gasteiger partial charge in [0.25, 0.3) is 5.91 Å². The average Bonchev–Trinajstić information content (AvgIpc) is 2.81. The second-order valence-electron chi connectivity index (χ2n) is 4.07. The zero-order valence-corrected chi connectivity index (χ0v) is 13.3. The SMILES string of the molecule is CNC(=O)c1cc(Br)c(C(OC)c2cccc(Cl)c2)o1. The molecule has 1 heterocycles. The quantitative estimate of drug-likeness (QED) is 0.904. The molecule has 1 aromatic carbocycles. The van der Waals surface area contributed by atoms with Crippen molar-refractivity contribution >= 4 is 33.4 Å². The molecule has 0 spiro atoms. The van der Waals surface area contributed by atoms with E-state index in [1.165, 1.54) is 0 Å². The zero-order chi connectivity index (χ0) is 14.7. The summed E-state index contributed by atoms with van der Waals surface area (Å²) in [6.07, 6.45) is -0.443. The van der Waals surface area contributed by atoms with Crippen LogP contribution in [0, 0.1) is 0 Å². The van der Waals surface area contributed by atoms with E-state index in [9.17, 15) is 4.79 Å². The Balaban J connectivity index is 2.42. The lowest BCUT2D eigenvalue weighted by Gasteiger charge is -2.14. The van der Waals surface area contributed by atoms with E-state index >= 15 is 0 Å². The Labute approximate surface area is 130 Å². The Morgan fingerprint density at radius 2 is 2.20 bits per heavy atom. The molecule has 1 N–H and O–H groups in total. The molecular formula is C14H13BrClNO3. The van der Waals surface area contributed by atoms with Gasteiger partial charge < -0.3 is 14.5 Å². The highest BCUT2D eigenvalue weighted by atomic mass is 79.9. The van der Waals surface area contributed by atoms with Crippen LogP contribution in [-0.2, 0) is 4.74 Å². The van der Waals surface area contributed by atoms with Gasteiger partial charge >= 0.3 is 0 Å². The van der Waals surface area contributed by atoms with E-state index in [1.807, 2.05) is 12.1 Å². The Morgan fingerprint density at radius 3 is 2.80 bits per heavy atom. The molecule has 1 amide bonds. The molecule has 4 nitrogen and oxygen atoms in total. The van der Waals surface area contributed by atoms with Crippen LogP contribution in [0.4, 0.5) is 0 Å². The van der Waals surface area contributed by atoms with Crippen molar-refractivity contribution in [2.24, 2.45) is 0 Å². The number of hydrogen-bond acceptors (Lipinski definition) is 3. The third-order valence-electron chi connectivity index (χ3n) is 2.79. The second-order valence-corrected chi connectivity index (χ2v) is 5.36. The summed E-state index contributed by atoms with van der Waals surface area (Å²) >= 11 is 9.37.